The van der Waals surface area contributed by atoms with Crippen molar-refractivity contribution < 1.29 is 13.0 Å². The molecule has 0 radical (unpaired) electrons. The third kappa shape index (κ3) is 3.64. The largest absolute Gasteiger partial charge is 0.280 e. The number of benzene rings is 1. The molecule has 6 heteroatoms. The van der Waals surface area contributed by atoms with E-state index in [0.29, 0.717) is 17.0 Å². The van der Waals surface area contributed by atoms with Crippen LogP contribution in [0.15, 0.2) is 36.7 Å². The predicted octanol–water partition coefficient (Wildman–Crippen LogP) is 2.96. The van der Waals surface area contributed by atoms with Gasteiger partial charge in [-0.25, -0.2) is 18.7 Å². The Kier molecular flexibility index (Phi) is 4.31. The Balaban J connectivity index is 2.36. The number of halogens is 2. The van der Waals surface area contributed by atoms with Crippen molar-refractivity contribution in [3.63, 3.8) is 0 Å². The van der Waals surface area contributed by atoms with Gasteiger partial charge in [0, 0.05) is 28.4 Å². The molecule has 1 aromatic heterocycles. The second kappa shape index (κ2) is 5.97. The summed E-state index contributed by atoms with van der Waals surface area (Å²) in [5.74, 6) is 0.431. The molecular formula is C13H12F2N2OS. The number of nitrogens with zero attached hydrogens (tertiary/aromatic N) is 2. The summed E-state index contributed by atoms with van der Waals surface area (Å²) < 4.78 is 36.4. The van der Waals surface area contributed by atoms with E-state index < -0.39 is 17.2 Å². The van der Waals surface area contributed by atoms with Gasteiger partial charge in [0.1, 0.15) is 12.0 Å². The van der Waals surface area contributed by atoms with Crippen LogP contribution in [-0.2, 0) is 16.6 Å². The molecule has 100 valence electrons. The van der Waals surface area contributed by atoms with Crippen LogP contribution < -0.4 is 0 Å². The first-order chi connectivity index (χ1) is 9.06. The van der Waals surface area contributed by atoms with Crippen LogP contribution in [0.4, 0.5) is 8.78 Å². The number of rotatable bonds is 4. The van der Waals surface area contributed by atoms with Gasteiger partial charge < -0.3 is 0 Å². The van der Waals surface area contributed by atoms with E-state index >= 15 is 0 Å². The Morgan fingerprint density at radius 1 is 1.26 bits per heavy atom. The third-order valence-corrected chi connectivity index (χ3v) is 3.24. The molecule has 2 rings (SSSR count). The quantitative estimate of drug-likeness (QED) is 0.866. The van der Waals surface area contributed by atoms with E-state index in [0.717, 1.165) is 11.9 Å². The summed E-state index contributed by atoms with van der Waals surface area (Å²) in [6.07, 6.45) is 0.126. The fraction of sp³-hybridized carbons (Fsp3) is 0.231. The molecule has 0 aliphatic carbocycles. The summed E-state index contributed by atoms with van der Waals surface area (Å²) in [7, 11) is -0.946. The van der Waals surface area contributed by atoms with E-state index in [1.54, 1.807) is 24.5 Å². The molecule has 0 bridgehead atoms. The van der Waals surface area contributed by atoms with E-state index in [9.17, 15) is 13.0 Å². The second-order valence-corrected chi connectivity index (χ2v) is 5.48. The molecule has 1 unspecified atom stereocenters. The van der Waals surface area contributed by atoms with Crippen LogP contribution in [0.5, 0.6) is 0 Å². The molecule has 0 amide bonds. The van der Waals surface area contributed by atoms with Crippen LogP contribution >= 0.6 is 0 Å². The van der Waals surface area contributed by atoms with Gasteiger partial charge >= 0.3 is 0 Å². The zero-order valence-corrected chi connectivity index (χ0v) is 11.0. The van der Waals surface area contributed by atoms with E-state index in [-0.39, 0.29) is 5.69 Å². The van der Waals surface area contributed by atoms with Crippen molar-refractivity contribution in [2.75, 3.05) is 6.26 Å². The Labute approximate surface area is 112 Å². The zero-order chi connectivity index (χ0) is 13.8. The standard InChI is InChI=1S/C13H12F2N2OS/c1-19(18)7-9-3-2-4-10(5-9)11-6-12(13(14)15)17-8-16-11/h2-6,8,13H,7H2,1H3. The second-order valence-electron chi connectivity index (χ2n) is 4.05. The summed E-state index contributed by atoms with van der Waals surface area (Å²) in [4.78, 5) is 7.52. The van der Waals surface area contributed by atoms with Gasteiger partial charge in [-0.15, -0.1) is 0 Å². The minimum absolute atomic E-state index is 0.297. The molecule has 0 fully saturated rings. The Hall–Kier alpha value is -1.69. The number of hydrogen-bond acceptors (Lipinski definition) is 3. The molecule has 19 heavy (non-hydrogen) atoms. The molecule has 2 aromatic rings. The van der Waals surface area contributed by atoms with Crippen molar-refractivity contribution in [2.24, 2.45) is 0 Å². The lowest BCUT2D eigenvalue weighted by atomic mass is 10.1. The van der Waals surface area contributed by atoms with E-state index in [1.807, 2.05) is 6.07 Å². The maximum atomic E-state index is 12.6. The highest BCUT2D eigenvalue weighted by atomic mass is 32.2. The zero-order valence-electron chi connectivity index (χ0n) is 10.2. The summed E-state index contributed by atoms with van der Waals surface area (Å²) in [6, 6.07) is 8.49. The normalized spacial score (nSPS) is 12.6. The molecule has 1 aromatic carbocycles. The van der Waals surface area contributed by atoms with Gasteiger partial charge in [0.2, 0.25) is 0 Å². The van der Waals surface area contributed by atoms with Gasteiger partial charge in [0.05, 0.1) is 5.69 Å². The van der Waals surface area contributed by atoms with Crippen LogP contribution in [0, 0.1) is 0 Å². The van der Waals surface area contributed by atoms with Crippen LogP contribution in [0.1, 0.15) is 17.7 Å². The van der Waals surface area contributed by atoms with Crippen molar-refractivity contribution in [2.45, 2.75) is 12.2 Å². The van der Waals surface area contributed by atoms with Crippen molar-refractivity contribution in [1.29, 1.82) is 0 Å². The highest BCUT2D eigenvalue weighted by molar-refractivity contribution is 7.83. The van der Waals surface area contributed by atoms with Crippen LogP contribution in [0.25, 0.3) is 11.3 Å². The predicted molar refractivity (Wildman–Crippen MR) is 70.2 cm³/mol. The molecule has 0 spiro atoms. The third-order valence-electron chi connectivity index (χ3n) is 2.50. The van der Waals surface area contributed by atoms with E-state index in [4.69, 9.17) is 0 Å². The molecule has 0 N–H and O–H groups in total. The lowest BCUT2D eigenvalue weighted by Gasteiger charge is -2.05. The van der Waals surface area contributed by atoms with Gasteiger partial charge in [-0.05, 0) is 17.7 Å². The molecule has 3 nitrogen and oxygen atoms in total. The Bertz CT molecular complexity index is 605. The molecular weight excluding hydrogens is 270 g/mol. The molecule has 1 heterocycles. The van der Waals surface area contributed by atoms with Crippen LogP contribution in [0.2, 0.25) is 0 Å². The smallest absolute Gasteiger partial charge is 0.260 e. The summed E-state index contributed by atoms with van der Waals surface area (Å²) in [5, 5.41) is 0. The van der Waals surface area contributed by atoms with Crippen molar-refractivity contribution in [3.05, 3.63) is 47.9 Å². The van der Waals surface area contributed by atoms with Crippen molar-refractivity contribution >= 4 is 10.8 Å². The molecule has 1 atom stereocenters. The first kappa shape index (κ1) is 13.7. The molecule has 0 aliphatic heterocycles. The first-order valence-corrected chi connectivity index (χ1v) is 7.28. The fourth-order valence-corrected chi connectivity index (χ4v) is 2.35. The van der Waals surface area contributed by atoms with Crippen molar-refractivity contribution in [3.8, 4) is 11.3 Å². The van der Waals surface area contributed by atoms with Gasteiger partial charge in [-0.2, -0.15) is 0 Å². The van der Waals surface area contributed by atoms with Crippen LogP contribution in [0.3, 0.4) is 0 Å². The number of hydrogen-bond donors (Lipinski definition) is 0. The van der Waals surface area contributed by atoms with Crippen LogP contribution in [-0.4, -0.2) is 20.4 Å². The van der Waals surface area contributed by atoms with Crippen molar-refractivity contribution in [1.82, 2.24) is 9.97 Å². The summed E-state index contributed by atoms with van der Waals surface area (Å²) in [6.45, 7) is 0. The van der Waals surface area contributed by atoms with Gasteiger partial charge in [-0.3, -0.25) is 4.21 Å². The lowest BCUT2D eigenvalue weighted by molar-refractivity contribution is 0.146. The topological polar surface area (TPSA) is 42.9 Å². The molecule has 0 aliphatic rings. The highest BCUT2D eigenvalue weighted by Crippen LogP contribution is 2.23. The SMILES string of the molecule is CS(=O)Cc1cccc(-c2cc(C(F)F)ncn2)c1. The lowest BCUT2D eigenvalue weighted by Crippen LogP contribution is -1.95. The van der Waals surface area contributed by atoms with E-state index in [2.05, 4.69) is 9.97 Å². The minimum Gasteiger partial charge on any atom is -0.260 e. The van der Waals surface area contributed by atoms with Gasteiger partial charge in [0.15, 0.2) is 0 Å². The first-order valence-electron chi connectivity index (χ1n) is 5.55. The maximum Gasteiger partial charge on any atom is 0.280 e. The summed E-state index contributed by atoms with van der Waals surface area (Å²) >= 11 is 0. The van der Waals surface area contributed by atoms with Gasteiger partial charge in [0.25, 0.3) is 6.43 Å². The molecule has 0 saturated heterocycles. The number of aromatic nitrogens is 2. The fourth-order valence-electron chi connectivity index (χ4n) is 1.70. The summed E-state index contributed by atoms with van der Waals surface area (Å²) in [5.41, 5.74) is 1.74. The Morgan fingerprint density at radius 2 is 2.05 bits per heavy atom. The number of alkyl halides is 2. The van der Waals surface area contributed by atoms with E-state index in [1.165, 1.54) is 6.07 Å². The minimum atomic E-state index is -2.62. The van der Waals surface area contributed by atoms with Gasteiger partial charge in [-0.1, -0.05) is 18.2 Å². The maximum absolute atomic E-state index is 12.6. The molecule has 0 saturated carbocycles. The Morgan fingerprint density at radius 3 is 2.74 bits per heavy atom. The average Bonchev–Trinajstić information content (AvgIpc) is 2.38. The highest BCUT2D eigenvalue weighted by Gasteiger charge is 2.11. The monoisotopic (exact) mass is 282 g/mol. The average molecular weight is 282 g/mol.